The lowest BCUT2D eigenvalue weighted by Crippen LogP contribution is -2.46. The van der Waals surface area contributed by atoms with Gasteiger partial charge in [-0.2, -0.15) is 5.10 Å². The van der Waals surface area contributed by atoms with E-state index in [0.717, 1.165) is 38.2 Å². The SMILES string of the molecule is Cc1ccnn1CCC(=O)N1CCC(C2NNCC2c2ccncc2)CC1. The van der Waals surface area contributed by atoms with Crippen LogP contribution in [0.15, 0.2) is 36.8 Å². The summed E-state index contributed by atoms with van der Waals surface area (Å²) < 4.78 is 1.90. The maximum Gasteiger partial charge on any atom is 0.224 e. The smallest absolute Gasteiger partial charge is 0.224 e. The van der Waals surface area contributed by atoms with E-state index in [4.69, 9.17) is 0 Å². The fraction of sp³-hybridized carbons (Fsp3) is 0.550. The molecule has 7 heteroatoms. The lowest BCUT2D eigenvalue weighted by molar-refractivity contribution is -0.133. The van der Waals surface area contributed by atoms with E-state index in [-0.39, 0.29) is 5.91 Å². The lowest BCUT2D eigenvalue weighted by Gasteiger charge is -2.36. The molecule has 2 saturated heterocycles. The van der Waals surface area contributed by atoms with Crippen molar-refractivity contribution in [1.29, 1.82) is 0 Å². The molecule has 0 bridgehead atoms. The number of nitrogens with zero attached hydrogens (tertiary/aromatic N) is 4. The predicted molar refractivity (Wildman–Crippen MR) is 103 cm³/mol. The normalized spacial score (nSPS) is 23.7. The van der Waals surface area contributed by atoms with Crippen molar-refractivity contribution in [2.45, 2.75) is 44.7 Å². The van der Waals surface area contributed by atoms with Crippen molar-refractivity contribution in [2.24, 2.45) is 5.92 Å². The van der Waals surface area contributed by atoms with Gasteiger partial charge < -0.3 is 4.90 Å². The van der Waals surface area contributed by atoms with E-state index in [0.29, 0.717) is 30.8 Å². The molecule has 4 rings (SSSR count). The summed E-state index contributed by atoms with van der Waals surface area (Å²) in [5.74, 6) is 1.28. The topological polar surface area (TPSA) is 75.1 Å². The number of carbonyl (C=O) groups is 1. The van der Waals surface area contributed by atoms with Gasteiger partial charge in [0.05, 0.1) is 0 Å². The Balaban J connectivity index is 1.29. The number of aryl methyl sites for hydroxylation is 2. The molecule has 2 aromatic heterocycles. The Hall–Kier alpha value is -2.25. The second-order valence-corrected chi connectivity index (χ2v) is 7.60. The van der Waals surface area contributed by atoms with Crippen molar-refractivity contribution in [3.63, 3.8) is 0 Å². The van der Waals surface area contributed by atoms with Gasteiger partial charge >= 0.3 is 0 Å². The standard InChI is InChI=1S/C20H28N6O/c1-15-2-10-23-26(15)13-7-19(27)25-11-5-17(6-12-25)20-18(14-22-24-20)16-3-8-21-9-4-16/h2-4,8-10,17-18,20,22,24H,5-7,11-14H2,1H3. The molecule has 2 aromatic rings. The van der Waals surface area contributed by atoms with E-state index in [1.807, 2.05) is 35.0 Å². The number of hydrazine groups is 1. The Labute approximate surface area is 160 Å². The molecule has 2 atom stereocenters. The third-order valence-corrected chi connectivity index (χ3v) is 6.03. The van der Waals surface area contributed by atoms with Gasteiger partial charge in [0.15, 0.2) is 0 Å². The maximum absolute atomic E-state index is 12.6. The fourth-order valence-corrected chi connectivity index (χ4v) is 4.40. The molecule has 0 spiro atoms. The number of carbonyl (C=O) groups excluding carboxylic acids is 1. The van der Waals surface area contributed by atoms with E-state index < -0.39 is 0 Å². The molecule has 1 amide bonds. The zero-order valence-electron chi connectivity index (χ0n) is 15.8. The molecule has 27 heavy (non-hydrogen) atoms. The van der Waals surface area contributed by atoms with Gasteiger partial charge in [-0.1, -0.05) is 0 Å². The summed E-state index contributed by atoms with van der Waals surface area (Å²) in [6, 6.07) is 6.61. The number of hydrogen-bond acceptors (Lipinski definition) is 5. The van der Waals surface area contributed by atoms with Gasteiger partial charge in [-0.15, -0.1) is 0 Å². The highest BCUT2D eigenvalue weighted by Gasteiger charge is 2.36. The van der Waals surface area contributed by atoms with Gasteiger partial charge in [0, 0.05) is 68.8 Å². The first-order valence-electron chi connectivity index (χ1n) is 9.87. The van der Waals surface area contributed by atoms with E-state index in [1.54, 1.807) is 6.20 Å². The summed E-state index contributed by atoms with van der Waals surface area (Å²) in [7, 11) is 0. The largest absolute Gasteiger partial charge is 0.343 e. The van der Waals surface area contributed by atoms with Gasteiger partial charge in [-0.25, -0.2) is 0 Å². The van der Waals surface area contributed by atoms with Crippen LogP contribution in [0.4, 0.5) is 0 Å². The van der Waals surface area contributed by atoms with Crippen molar-refractivity contribution in [3.8, 4) is 0 Å². The molecule has 7 nitrogen and oxygen atoms in total. The number of amides is 1. The van der Waals surface area contributed by atoms with Crippen LogP contribution in [0.2, 0.25) is 0 Å². The summed E-state index contributed by atoms with van der Waals surface area (Å²) in [5, 5.41) is 4.26. The molecule has 4 heterocycles. The van der Waals surface area contributed by atoms with Crippen LogP contribution in [0, 0.1) is 12.8 Å². The summed E-state index contributed by atoms with van der Waals surface area (Å²) in [6.45, 7) is 5.32. The molecule has 2 unspecified atom stereocenters. The van der Waals surface area contributed by atoms with Crippen molar-refractivity contribution in [2.75, 3.05) is 19.6 Å². The Morgan fingerprint density at radius 1 is 1.19 bits per heavy atom. The van der Waals surface area contributed by atoms with Gasteiger partial charge in [0.2, 0.25) is 5.91 Å². The van der Waals surface area contributed by atoms with Crippen LogP contribution in [-0.4, -0.2) is 51.2 Å². The number of nitrogens with one attached hydrogen (secondary N) is 2. The minimum atomic E-state index is 0.242. The average Bonchev–Trinajstić information content (AvgIpc) is 3.36. The van der Waals surface area contributed by atoms with Gasteiger partial charge in [-0.3, -0.25) is 25.3 Å². The van der Waals surface area contributed by atoms with E-state index in [9.17, 15) is 4.79 Å². The molecule has 2 fully saturated rings. The first-order chi connectivity index (χ1) is 13.2. The van der Waals surface area contributed by atoms with Gasteiger partial charge in [0.25, 0.3) is 0 Å². The summed E-state index contributed by atoms with van der Waals surface area (Å²) >= 11 is 0. The molecular weight excluding hydrogens is 340 g/mol. The quantitative estimate of drug-likeness (QED) is 0.836. The average molecular weight is 368 g/mol. The monoisotopic (exact) mass is 368 g/mol. The highest BCUT2D eigenvalue weighted by atomic mass is 16.2. The highest BCUT2D eigenvalue weighted by molar-refractivity contribution is 5.76. The molecule has 0 radical (unpaired) electrons. The molecule has 0 aromatic carbocycles. The third kappa shape index (κ3) is 4.04. The number of rotatable bonds is 5. The van der Waals surface area contributed by atoms with Crippen molar-refractivity contribution < 1.29 is 4.79 Å². The zero-order chi connectivity index (χ0) is 18.6. The Kier molecular flexibility index (Phi) is 5.50. The van der Waals surface area contributed by atoms with Crippen LogP contribution >= 0.6 is 0 Å². The van der Waals surface area contributed by atoms with Crippen LogP contribution in [0.1, 0.15) is 36.4 Å². The molecule has 2 aliphatic heterocycles. The Bertz CT molecular complexity index is 753. The van der Waals surface area contributed by atoms with Crippen molar-refractivity contribution in [3.05, 3.63) is 48.0 Å². The van der Waals surface area contributed by atoms with Crippen LogP contribution in [0.5, 0.6) is 0 Å². The number of aromatic nitrogens is 3. The summed E-state index contributed by atoms with van der Waals surface area (Å²) in [5.41, 5.74) is 9.25. The second-order valence-electron chi connectivity index (χ2n) is 7.60. The molecule has 0 aliphatic carbocycles. The fourth-order valence-electron chi connectivity index (χ4n) is 4.40. The Morgan fingerprint density at radius 3 is 2.67 bits per heavy atom. The second kappa shape index (κ2) is 8.19. The molecule has 0 saturated carbocycles. The van der Waals surface area contributed by atoms with E-state index in [2.05, 4.69) is 33.1 Å². The van der Waals surface area contributed by atoms with Crippen LogP contribution in [-0.2, 0) is 11.3 Å². The van der Waals surface area contributed by atoms with E-state index >= 15 is 0 Å². The minimum absolute atomic E-state index is 0.242. The van der Waals surface area contributed by atoms with Gasteiger partial charge in [-0.05, 0) is 49.4 Å². The van der Waals surface area contributed by atoms with Crippen LogP contribution in [0.3, 0.4) is 0 Å². The molecule has 2 N–H and O–H groups in total. The van der Waals surface area contributed by atoms with E-state index in [1.165, 1.54) is 5.56 Å². The maximum atomic E-state index is 12.6. The number of piperidine rings is 1. The number of pyridine rings is 1. The highest BCUT2D eigenvalue weighted by Crippen LogP contribution is 2.32. The predicted octanol–water partition coefficient (Wildman–Crippen LogP) is 1.48. The Morgan fingerprint density at radius 2 is 1.96 bits per heavy atom. The zero-order valence-corrected chi connectivity index (χ0v) is 15.8. The third-order valence-electron chi connectivity index (χ3n) is 6.03. The summed E-state index contributed by atoms with van der Waals surface area (Å²) in [6.07, 6.45) is 8.14. The minimum Gasteiger partial charge on any atom is -0.343 e. The first-order valence-corrected chi connectivity index (χ1v) is 9.87. The number of hydrogen-bond donors (Lipinski definition) is 2. The van der Waals surface area contributed by atoms with Crippen molar-refractivity contribution in [1.82, 2.24) is 30.5 Å². The van der Waals surface area contributed by atoms with Crippen molar-refractivity contribution >= 4 is 5.91 Å². The van der Waals surface area contributed by atoms with Crippen LogP contribution < -0.4 is 10.9 Å². The van der Waals surface area contributed by atoms with Gasteiger partial charge in [0.1, 0.15) is 0 Å². The lowest BCUT2D eigenvalue weighted by atomic mass is 9.80. The first kappa shape index (κ1) is 18.1. The molecular formula is C20H28N6O. The summed E-state index contributed by atoms with van der Waals surface area (Å²) in [4.78, 5) is 18.7. The molecule has 144 valence electrons. The van der Waals surface area contributed by atoms with Crippen LogP contribution in [0.25, 0.3) is 0 Å². The number of likely N-dealkylation sites (tertiary alicyclic amines) is 1. The molecule has 2 aliphatic rings.